The molecule has 0 radical (unpaired) electrons. The molecule has 4 nitrogen and oxygen atoms in total. The van der Waals surface area contributed by atoms with Gasteiger partial charge < -0.3 is 14.9 Å². The molecule has 154 valence electrons. The number of carbonyl (C=O) groups excluding carboxylic acids is 1. The average molecular weight is 462 g/mol. The second-order valence-electron chi connectivity index (χ2n) is 7.15. The molecule has 3 aromatic rings. The lowest BCUT2D eigenvalue weighted by atomic mass is 10.0. The number of phenols is 1. The standard InChI is InChI=1S/C23H19Cl3N2O2/c24-17-5-1-15(2-6-17)22-14-27(23(30)16-3-8-19(29)9-4-16)11-12-28(22)21-10-7-18(25)13-20(21)26/h1-10,13,22,29H,11-12,14H2. The Labute approximate surface area is 190 Å². The number of hydrogen-bond donors (Lipinski definition) is 1. The van der Waals surface area contributed by atoms with Crippen molar-refractivity contribution >= 4 is 46.4 Å². The van der Waals surface area contributed by atoms with Gasteiger partial charge in [-0.05, 0) is 60.2 Å². The van der Waals surface area contributed by atoms with Gasteiger partial charge in [0.1, 0.15) is 5.75 Å². The topological polar surface area (TPSA) is 43.8 Å². The minimum atomic E-state index is -0.101. The first-order valence-electron chi connectivity index (χ1n) is 9.48. The summed E-state index contributed by atoms with van der Waals surface area (Å²) in [7, 11) is 0. The van der Waals surface area contributed by atoms with Crippen LogP contribution in [0.2, 0.25) is 15.1 Å². The number of aromatic hydroxyl groups is 1. The number of piperazine rings is 1. The van der Waals surface area contributed by atoms with E-state index in [9.17, 15) is 9.90 Å². The van der Waals surface area contributed by atoms with Gasteiger partial charge in [0.2, 0.25) is 0 Å². The van der Waals surface area contributed by atoms with Crippen LogP contribution in [0.25, 0.3) is 0 Å². The number of rotatable bonds is 3. The number of benzene rings is 3. The summed E-state index contributed by atoms with van der Waals surface area (Å²) in [6, 6.07) is 19.3. The number of carbonyl (C=O) groups is 1. The predicted molar refractivity (Wildman–Crippen MR) is 122 cm³/mol. The summed E-state index contributed by atoms with van der Waals surface area (Å²) in [5, 5.41) is 11.3. The van der Waals surface area contributed by atoms with E-state index < -0.39 is 0 Å². The molecule has 30 heavy (non-hydrogen) atoms. The van der Waals surface area contributed by atoms with E-state index in [1.54, 1.807) is 18.2 Å². The van der Waals surface area contributed by atoms with Crippen LogP contribution in [0.4, 0.5) is 5.69 Å². The smallest absolute Gasteiger partial charge is 0.253 e. The van der Waals surface area contributed by atoms with Crippen molar-refractivity contribution in [2.24, 2.45) is 0 Å². The van der Waals surface area contributed by atoms with E-state index in [2.05, 4.69) is 4.90 Å². The maximum absolute atomic E-state index is 13.1. The number of phenolic OH excluding ortho intramolecular Hbond substituents is 1. The Balaban J connectivity index is 1.66. The van der Waals surface area contributed by atoms with Crippen molar-refractivity contribution in [3.8, 4) is 5.75 Å². The Bertz CT molecular complexity index is 1060. The van der Waals surface area contributed by atoms with Crippen LogP contribution in [0, 0.1) is 0 Å². The van der Waals surface area contributed by atoms with Crippen LogP contribution in [0.3, 0.4) is 0 Å². The van der Waals surface area contributed by atoms with Gasteiger partial charge in [-0.1, -0.05) is 46.9 Å². The van der Waals surface area contributed by atoms with Crippen LogP contribution in [0.1, 0.15) is 22.0 Å². The number of hydrogen-bond acceptors (Lipinski definition) is 3. The third kappa shape index (κ3) is 4.36. The SMILES string of the molecule is O=C(c1ccc(O)cc1)N1CCN(c2ccc(Cl)cc2Cl)C(c2ccc(Cl)cc2)C1. The van der Waals surface area contributed by atoms with E-state index in [-0.39, 0.29) is 17.7 Å². The summed E-state index contributed by atoms with van der Waals surface area (Å²) in [6.45, 7) is 1.64. The molecule has 7 heteroatoms. The molecule has 1 amide bonds. The molecule has 1 aliphatic rings. The number of halogens is 3. The molecule has 1 fully saturated rings. The molecule has 1 heterocycles. The lowest BCUT2D eigenvalue weighted by molar-refractivity contribution is 0.0722. The zero-order chi connectivity index (χ0) is 21.3. The number of nitrogens with zero attached hydrogens (tertiary/aromatic N) is 2. The first-order valence-corrected chi connectivity index (χ1v) is 10.6. The quantitative estimate of drug-likeness (QED) is 0.516. The molecule has 1 atom stereocenters. The highest BCUT2D eigenvalue weighted by Gasteiger charge is 2.32. The summed E-state index contributed by atoms with van der Waals surface area (Å²) in [5.74, 6) is 0.0589. The fourth-order valence-electron chi connectivity index (χ4n) is 3.73. The van der Waals surface area contributed by atoms with Gasteiger partial charge in [-0.3, -0.25) is 4.79 Å². The lowest BCUT2D eigenvalue weighted by Gasteiger charge is -2.43. The lowest BCUT2D eigenvalue weighted by Crippen LogP contribution is -2.50. The van der Waals surface area contributed by atoms with Gasteiger partial charge in [-0.2, -0.15) is 0 Å². The first-order chi connectivity index (χ1) is 14.4. The highest BCUT2D eigenvalue weighted by atomic mass is 35.5. The van der Waals surface area contributed by atoms with Crippen LogP contribution >= 0.6 is 34.8 Å². The van der Waals surface area contributed by atoms with Crippen molar-refractivity contribution in [1.29, 1.82) is 0 Å². The minimum absolute atomic E-state index is 0.0733. The summed E-state index contributed by atoms with van der Waals surface area (Å²) in [6.07, 6.45) is 0. The molecule has 1 N–H and O–H groups in total. The molecule has 0 bridgehead atoms. The van der Waals surface area contributed by atoms with Gasteiger partial charge in [0.25, 0.3) is 5.91 Å². The van der Waals surface area contributed by atoms with Crippen LogP contribution in [0.5, 0.6) is 5.75 Å². The molecular formula is C23H19Cl3N2O2. The third-order valence-corrected chi connectivity index (χ3v) is 6.05. The number of amides is 1. The second kappa shape index (κ2) is 8.76. The second-order valence-corrected chi connectivity index (χ2v) is 8.43. The first kappa shape index (κ1) is 20.9. The Morgan fingerprint density at radius 3 is 2.20 bits per heavy atom. The average Bonchev–Trinajstić information content (AvgIpc) is 2.74. The Kier molecular flexibility index (Phi) is 6.09. The molecule has 0 aromatic heterocycles. The molecular weight excluding hydrogens is 443 g/mol. The van der Waals surface area contributed by atoms with Gasteiger partial charge in [0.15, 0.2) is 0 Å². The molecule has 0 aliphatic carbocycles. The van der Waals surface area contributed by atoms with Crippen LogP contribution < -0.4 is 4.90 Å². The van der Waals surface area contributed by atoms with Gasteiger partial charge in [-0.15, -0.1) is 0 Å². The fourth-order valence-corrected chi connectivity index (χ4v) is 4.37. The Morgan fingerprint density at radius 1 is 0.867 bits per heavy atom. The molecule has 3 aromatic carbocycles. The monoisotopic (exact) mass is 460 g/mol. The van der Waals surface area contributed by atoms with E-state index in [0.29, 0.717) is 40.3 Å². The minimum Gasteiger partial charge on any atom is -0.508 e. The molecule has 1 aliphatic heterocycles. The largest absolute Gasteiger partial charge is 0.508 e. The molecule has 4 rings (SSSR count). The van der Waals surface area contributed by atoms with Gasteiger partial charge in [0, 0.05) is 35.2 Å². The predicted octanol–water partition coefficient (Wildman–Crippen LogP) is 6.06. The van der Waals surface area contributed by atoms with Crippen molar-refractivity contribution in [3.05, 3.63) is 92.9 Å². The summed E-state index contributed by atoms with van der Waals surface area (Å²) in [5.41, 5.74) is 2.45. The summed E-state index contributed by atoms with van der Waals surface area (Å²) >= 11 is 18.7. The van der Waals surface area contributed by atoms with Crippen LogP contribution in [-0.2, 0) is 0 Å². The van der Waals surface area contributed by atoms with Crippen molar-refractivity contribution in [2.45, 2.75) is 6.04 Å². The molecule has 1 saturated heterocycles. The highest BCUT2D eigenvalue weighted by molar-refractivity contribution is 6.36. The Morgan fingerprint density at radius 2 is 1.53 bits per heavy atom. The van der Waals surface area contributed by atoms with Crippen molar-refractivity contribution in [2.75, 3.05) is 24.5 Å². The van der Waals surface area contributed by atoms with E-state index >= 15 is 0 Å². The summed E-state index contributed by atoms with van der Waals surface area (Å²) < 4.78 is 0. The zero-order valence-corrected chi connectivity index (χ0v) is 18.2. The molecule has 0 saturated carbocycles. The van der Waals surface area contributed by atoms with E-state index in [1.165, 1.54) is 12.1 Å². The van der Waals surface area contributed by atoms with Crippen LogP contribution in [0.15, 0.2) is 66.7 Å². The Hall–Kier alpha value is -2.40. The van der Waals surface area contributed by atoms with Crippen LogP contribution in [-0.4, -0.2) is 35.5 Å². The van der Waals surface area contributed by atoms with Crippen molar-refractivity contribution in [3.63, 3.8) is 0 Å². The van der Waals surface area contributed by atoms with Gasteiger partial charge in [-0.25, -0.2) is 0 Å². The fraction of sp³-hybridized carbons (Fsp3) is 0.174. The molecule has 0 spiro atoms. The van der Waals surface area contributed by atoms with Gasteiger partial charge >= 0.3 is 0 Å². The normalized spacial score (nSPS) is 16.6. The zero-order valence-electron chi connectivity index (χ0n) is 15.9. The number of anilines is 1. The van der Waals surface area contributed by atoms with Crippen molar-refractivity contribution < 1.29 is 9.90 Å². The highest BCUT2D eigenvalue weighted by Crippen LogP contribution is 2.37. The third-order valence-electron chi connectivity index (χ3n) is 5.26. The van der Waals surface area contributed by atoms with E-state index in [1.807, 2.05) is 41.3 Å². The summed E-state index contributed by atoms with van der Waals surface area (Å²) in [4.78, 5) is 17.1. The maximum Gasteiger partial charge on any atom is 0.253 e. The maximum atomic E-state index is 13.1. The molecule has 1 unspecified atom stereocenters. The van der Waals surface area contributed by atoms with E-state index in [0.717, 1.165) is 11.3 Å². The van der Waals surface area contributed by atoms with E-state index in [4.69, 9.17) is 34.8 Å². The van der Waals surface area contributed by atoms with Crippen molar-refractivity contribution in [1.82, 2.24) is 4.90 Å². The van der Waals surface area contributed by atoms with Gasteiger partial charge in [0.05, 0.1) is 16.8 Å².